The van der Waals surface area contributed by atoms with Gasteiger partial charge in [-0.05, 0) is 69.4 Å². The van der Waals surface area contributed by atoms with Crippen LogP contribution in [0.25, 0.3) is 0 Å². The Morgan fingerprint density at radius 3 is 2.40 bits per heavy atom. The maximum absolute atomic E-state index is 13.6. The quantitative estimate of drug-likeness (QED) is 0.278. The van der Waals surface area contributed by atoms with E-state index in [9.17, 15) is 9.59 Å². The van der Waals surface area contributed by atoms with Gasteiger partial charge in [-0.3, -0.25) is 9.69 Å². The van der Waals surface area contributed by atoms with Crippen LogP contribution in [0.4, 0.5) is 4.79 Å². The third-order valence-corrected chi connectivity index (χ3v) is 9.10. The Balaban J connectivity index is 1.38. The van der Waals surface area contributed by atoms with E-state index < -0.39 is 17.7 Å². The molecule has 0 aromatic heterocycles. The van der Waals surface area contributed by atoms with Crippen LogP contribution in [0.1, 0.15) is 71.3 Å². The molecule has 1 heterocycles. The van der Waals surface area contributed by atoms with Gasteiger partial charge in [0.25, 0.3) is 0 Å². The topological polar surface area (TPSA) is 79.9 Å². The van der Waals surface area contributed by atoms with Gasteiger partial charge in [0.15, 0.2) is 0 Å². The molecular formula is C33H45N3O4S2. The van der Waals surface area contributed by atoms with Crippen LogP contribution in [0, 0.1) is 5.92 Å². The fraction of sp³-hybridized carbons (Fsp3) is 0.545. The van der Waals surface area contributed by atoms with Crippen molar-refractivity contribution in [3.63, 3.8) is 0 Å². The SMILES string of the molecule is CC(C)(C)OC(=O)N1CCSC[C@@H]1C(=O)N[C@H](CCC1CCCCC1)C(=S)NCc1ccc(Oc2ccccc2)cc1. The largest absolute Gasteiger partial charge is 0.457 e. The molecule has 1 saturated heterocycles. The molecule has 2 aromatic carbocycles. The Morgan fingerprint density at radius 2 is 1.71 bits per heavy atom. The highest BCUT2D eigenvalue weighted by Gasteiger charge is 2.36. The van der Waals surface area contributed by atoms with Gasteiger partial charge in [0, 0.05) is 24.6 Å². The van der Waals surface area contributed by atoms with E-state index in [1.807, 2.05) is 75.4 Å². The fourth-order valence-electron chi connectivity index (χ4n) is 5.39. The van der Waals surface area contributed by atoms with E-state index in [1.165, 1.54) is 32.1 Å². The molecular weight excluding hydrogens is 567 g/mol. The molecule has 0 radical (unpaired) electrons. The third-order valence-electron chi connectivity index (χ3n) is 7.65. The number of amides is 2. The van der Waals surface area contributed by atoms with E-state index in [0.29, 0.717) is 29.7 Å². The maximum Gasteiger partial charge on any atom is 0.411 e. The van der Waals surface area contributed by atoms with Crippen LogP contribution < -0.4 is 15.4 Å². The van der Waals surface area contributed by atoms with E-state index in [2.05, 4.69) is 10.6 Å². The molecule has 0 unspecified atom stereocenters. The van der Waals surface area contributed by atoms with Crippen molar-refractivity contribution in [3.8, 4) is 11.5 Å². The van der Waals surface area contributed by atoms with Crippen molar-refractivity contribution < 1.29 is 19.1 Å². The van der Waals surface area contributed by atoms with Gasteiger partial charge in [-0.1, -0.05) is 74.7 Å². The van der Waals surface area contributed by atoms with Crippen molar-refractivity contribution in [3.05, 3.63) is 60.2 Å². The summed E-state index contributed by atoms with van der Waals surface area (Å²) in [6, 6.07) is 16.7. The van der Waals surface area contributed by atoms with Gasteiger partial charge < -0.3 is 20.1 Å². The zero-order chi connectivity index (χ0) is 30.0. The number of carbonyl (C=O) groups is 2. The van der Waals surface area contributed by atoms with Gasteiger partial charge in [0.2, 0.25) is 5.91 Å². The first kappa shape index (κ1) is 32.1. The fourth-order valence-corrected chi connectivity index (χ4v) is 6.68. The monoisotopic (exact) mass is 611 g/mol. The molecule has 0 spiro atoms. The van der Waals surface area contributed by atoms with E-state index in [-0.39, 0.29) is 11.9 Å². The number of ether oxygens (including phenoxy) is 2. The molecule has 42 heavy (non-hydrogen) atoms. The Morgan fingerprint density at radius 1 is 1.02 bits per heavy atom. The summed E-state index contributed by atoms with van der Waals surface area (Å²) in [5.41, 5.74) is 0.442. The highest BCUT2D eigenvalue weighted by Crippen LogP contribution is 2.28. The number of rotatable bonds is 10. The predicted octanol–water partition coefficient (Wildman–Crippen LogP) is 7.09. The second kappa shape index (κ2) is 15.6. The Hall–Kier alpha value is -2.78. The summed E-state index contributed by atoms with van der Waals surface area (Å²) in [4.78, 5) is 28.8. The van der Waals surface area contributed by atoms with Gasteiger partial charge in [-0.2, -0.15) is 11.8 Å². The summed E-state index contributed by atoms with van der Waals surface area (Å²) >= 11 is 7.55. The second-order valence-corrected chi connectivity index (χ2v) is 13.8. The van der Waals surface area contributed by atoms with Crippen LogP contribution in [0.5, 0.6) is 11.5 Å². The highest BCUT2D eigenvalue weighted by atomic mass is 32.2. The molecule has 2 amide bonds. The normalized spacial score (nSPS) is 18.5. The molecule has 1 aliphatic heterocycles. The molecule has 2 atom stereocenters. The van der Waals surface area contributed by atoms with Crippen molar-refractivity contribution in [2.75, 3.05) is 18.1 Å². The first-order valence-electron chi connectivity index (χ1n) is 15.2. The number of para-hydroxylation sites is 1. The lowest BCUT2D eigenvalue weighted by atomic mass is 9.85. The van der Waals surface area contributed by atoms with Gasteiger partial charge in [-0.25, -0.2) is 4.79 Å². The zero-order valence-corrected chi connectivity index (χ0v) is 26.7. The van der Waals surface area contributed by atoms with Crippen LogP contribution in [0.2, 0.25) is 0 Å². The van der Waals surface area contributed by atoms with Crippen LogP contribution in [0.15, 0.2) is 54.6 Å². The first-order chi connectivity index (χ1) is 20.2. The van der Waals surface area contributed by atoms with E-state index in [0.717, 1.165) is 35.7 Å². The van der Waals surface area contributed by atoms with Crippen molar-refractivity contribution in [1.82, 2.24) is 15.5 Å². The average molecular weight is 612 g/mol. The molecule has 2 fully saturated rings. The molecule has 0 bridgehead atoms. The summed E-state index contributed by atoms with van der Waals surface area (Å²) in [7, 11) is 0. The van der Waals surface area contributed by atoms with E-state index >= 15 is 0 Å². The highest BCUT2D eigenvalue weighted by molar-refractivity contribution is 7.99. The lowest BCUT2D eigenvalue weighted by molar-refractivity contribution is -0.126. The van der Waals surface area contributed by atoms with Gasteiger partial charge in [0.1, 0.15) is 23.1 Å². The van der Waals surface area contributed by atoms with Crippen LogP contribution in [-0.2, 0) is 16.1 Å². The lowest BCUT2D eigenvalue weighted by Gasteiger charge is -2.36. The number of nitrogens with one attached hydrogen (secondary N) is 2. The van der Waals surface area contributed by atoms with Gasteiger partial charge in [-0.15, -0.1) is 0 Å². The number of nitrogens with zero attached hydrogens (tertiary/aromatic N) is 1. The van der Waals surface area contributed by atoms with Crippen molar-refractivity contribution in [1.29, 1.82) is 0 Å². The van der Waals surface area contributed by atoms with Crippen LogP contribution in [0.3, 0.4) is 0 Å². The number of hydrogen-bond acceptors (Lipinski definition) is 6. The lowest BCUT2D eigenvalue weighted by Crippen LogP contribution is -2.58. The average Bonchev–Trinajstić information content (AvgIpc) is 2.99. The number of carbonyl (C=O) groups excluding carboxylic acids is 2. The van der Waals surface area contributed by atoms with Crippen LogP contribution in [-0.4, -0.2) is 57.6 Å². The maximum atomic E-state index is 13.6. The summed E-state index contributed by atoms with van der Waals surface area (Å²) in [6.45, 7) is 6.55. The minimum atomic E-state index is -0.622. The Kier molecular flexibility index (Phi) is 12.0. The van der Waals surface area contributed by atoms with Gasteiger partial charge in [0.05, 0.1) is 11.0 Å². The summed E-state index contributed by atoms with van der Waals surface area (Å²) < 4.78 is 11.5. The minimum absolute atomic E-state index is 0.173. The van der Waals surface area contributed by atoms with E-state index in [4.69, 9.17) is 21.7 Å². The number of benzene rings is 2. The molecule has 2 aromatic rings. The van der Waals surface area contributed by atoms with Crippen molar-refractivity contribution >= 4 is 41.0 Å². The Labute approximate surface area is 260 Å². The molecule has 2 aliphatic rings. The first-order valence-corrected chi connectivity index (χ1v) is 16.7. The molecule has 4 rings (SSSR count). The van der Waals surface area contributed by atoms with Crippen molar-refractivity contribution in [2.24, 2.45) is 5.92 Å². The third kappa shape index (κ3) is 10.2. The minimum Gasteiger partial charge on any atom is -0.457 e. The molecule has 2 N–H and O–H groups in total. The summed E-state index contributed by atoms with van der Waals surface area (Å²) in [5, 5.41) is 6.62. The smallest absolute Gasteiger partial charge is 0.411 e. The zero-order valence-electron chi connectivity index (χ0n) is 25.1. The molecule has 7 nitrogen and oxygen atoms in total. The molecule has 9 heteroatoms. The summed E-state index contributed by atoms with van der Waals surface area (Å²) in [6.07, 6.45) is 7.70. The number of thioether (sulfide) groups is 1. The molecule has 1 aliphatic carbocycles. The van der Waals surface area contributed by atoms with Crippen LogP contribution >= 0.6 is 24.0 Å². The summed E-state index contributed by atoms with van der Waals surface area (Å²) in [5.74, 6) is 3.38. The number of thiocarbonyl (C=S) groups is 1. The Bertz CT molecular complexity index is 1160. The number of hydrogen-bond donors (Lipinski definition) is 2. The standard InChI is InChI=1S/C33H45N3O4S2/c1-33(2,3)40-32(38)36-20-21-42-23-29(36)30(37)35-28(19-16-24-10-6-4-7-11-24)31(41)34-22-25-14-17-27(18-15-25)39-26-12-8-5-9-13-26/h5,8-9,12-15,17-18,24,28-29H,4,6-7,10-11,16,19-23H2,1-3H3,(H,34,41)(H,35,37)/t28-,29-/m1/s1. The molecule has 1 saturated carbocycles. The van der Waals surface area contributed by atoms with Crippen molar-refractivity contribution in [2.45, 2.75) is 89.9 Å². The second-order valence-electron chi connectivity index (χ2n) is 12.2. The predicted molar refractivity (Wildman–Crippen MR) is 174 cm³/mol. The molecule has 228 valence electrons. The van der Waals surface area contributed by atoms with Gasteiger partial charge >= 0.3 is 6.09 Å². The van der Waals surface area contributed by atoms with E-state index in [1.54, 1.807) is 16.7 Å².